The summed E-state index contributed by atoms with van der Waals surface area (Å²) in [6, 6.07) is 1.10. The average Bonchev–Trinajstić information content (AvgIpc) is 3.94. The fraction of sp³-hybridized carbons (Fsp3) is 0.520. The largest absolute Gasteiger partial charge is 0.508 e. The van der Waals surface area contributed by atoms with Crippen molar-refractivity contribution in [1.29, 1.82) is 0 Å². The van der Waals surface area contributed by atoms with Crippen LogP contribution >= 0.6 is 11.8 Å². The number of aldehydes is 1. The molecule has 2 aromatic carbocycles. The number of aliphatic carboxylic acids is 1. The maximum atomic E-state index is 14.4. The van der Waals surface area contributed by atoms with Gasteiger partial charge in [-0.05, 0) is 73.4 Å². The minimum Gasteiger partial charge on any atom is -0.508 e. The van der Waals surface area contributed by atoms with Crippen LogP contribution in [-0.2, 0) is 70.4 Å². The van der Waals surface area contributed by atoms with Gasteiger partial charge in [-0.3, -0.25) is 52.7 Å². The van der Waals surface area contributed by atoms with Crippen molar-refractivity contribution in [3.8, 4) is 5.75 Å². The maximum Gasteiger partial charge on any atom is 0.305 e. The molecule has 0 spiro atoms. The summed E-state index contributed by atoms with van der Waals surface area (Å²) in [4.78, 5) is 158. The first kappa shape index (κ1) is 63.6. The van der Waals surface area contributed by atoms with E-state index in [1.807, 2.05) is 0 Å². The Balaban J connectivity index is 1.91. The molecule has 0 aliphatic carbocycles. The van der Waals surface area contributed by atoms with Gasteiger partial charge >= 0.3 is 5.97 Å². The summed E-state index contributed by atoms with van der Waals surface area (Å²) in [5, 5.41) is 51.9. The number of phenolic OH excluding ortho intramolecular Hbond substituents is 1. The number of aromatic hydroxyl groups is 1. The van der Waals surface area contributed by atoms with Gasteiger partial charge in [0.25, 0.3) is 0 Å². The minimum absolute atomic E-state index is 0.0518. The highest BCUT2D eigenvalue weighted by Gasteiger charge is 2.37. The fourth-order valence-electron chi connectivity index (χ4n) is 7.87. The van der Waals surface area contributed by atoms with E-state index in [2.05, 4.69) is 47.9 Å². The van der Waals surface area contributed by atoms with Crippen LogP contribution in [0.15, 0.2) is 54.6 Å². The highest BCUT2D eigenvalue weighted by molar-refractivity contribution is 7.98. The van der Waals surface area contributed by atoms with Crippen LogP contribution in [0, 0.1) is 5.92 Å². The molecular weight excluding hydrogens is 1030 g/mol. The quantitative estimate of drug-likeness (QED) is 0.0301. The summed E-state index contributed by atoms with van der Waals surface area (Å²) in [7, 11) is 0. The third-order valence-corrected chi connectivity index (χ3v) is 13.0. The Bertz CT molecular complexity index is 2380. The van der Waals surface area contributed by atoms with Crippen LogP contribution in [0.4, 0.5) is 0 Å². The second-order valence-corrected chi connectivity index (χ2v) is 19.4. The Morgan fingerprint density at radius 3 is 1.71 bits per heavy atom. The number of hydrogen-bond donors (Lipinski definition) is 14. The van der Waals surface area contributed by atoms with Gasteiger partial charge in [0, 0.05) is 19.3 Å². The Morgan fingerprint density at radius 1 is 0.662 bits per heavy atom. The maximum absolute atomic E-state index is 14.4. The molecule has 27 heteroatoms. The number of aliphatic hydroxyl groups excluding tert-OH is 1. The van der Waals surface area contributed by atoms with Gasteiger partial charge in [-0.15, -0.1) is 0 Å². The van der Waals surface area contributed by atoms with Gasteiger partial charge in [0.1, 0.15) is 54.3 Å². The first-order chi connectivity index (χ1) is 36.6. The minimum atomic E-state index is -1.94. The number of carbonyl (C=O) groups is 12. The fourth-order valence-corrected chi connectivity index (χ4v) is 8.36. The van der Waals surface area contributed by atoms with Gasteiger partial charge in [-0.25, -0.2) is 0 Å². The lowest BCUT2D eigenvalue weighted by atomic mass is 9.96. The molecular formula is C50H71N11O15S. The summed E-state index contributed by atoms with van der Waals surface area (Å²) in [6.07, 6.45) is 0.706. The van der Waals surface area contributed by atoms with E-state index in [9.17, 15) is 72.9 Å². The number of thioether (sulfide) groups is 1. The van der Waals surface area contributed by atoms with Crippen LogP contribution in [0.2, 0.25) is 0 Å². The lowest BCUT2D eigenvalue weighted by Gasteiger charge is -2.29. The van der Waals surface area contributed by atoms with E-state index in [1.54, 1.807) is 50.4 Å². The molecule has 10 amide bonds. The Morgan fingerprint density at radius 2 is 1.18 bits per heavy atom. The second kappa shape index (κ2) is 32.7. The van der Waals surface area contributed by atoms with Crippen molar-refractivity contribution in [2.24, 2.45) is 17.4 Å². The number of benzene rings is 2. The molecule has 0 unspecified atom stereocenters. The van der Waals surface area contributed by atoms with Crippen LogP contribution in [0.25, 0.3) is 0 Å². The monoisotopic (exact) mass is 1100 g/mol. The molecule has 1 heterocycles. The molecule has 422 valence electrons. The SMILES string of the molecule is CC[C@H](C)[C@H](NC(=O)[C@H](Cc1ccccc1)NC(=O)[C@H](CC(N)=O)NC(=O)[C@H](Cc1ccc(O)cc1)NC(=O)[C@@H]1CCCN1)C(=O)N[C@@H](CCC(N)=O)C(=O)N[C@@H](CC(=O)O)C(=O)N[C@@H](CO)C(=O)N[C@H](C=O)CCSC. The predicted molar refractivity (Wildman–Crippen MR) is 279 cm³/mol. The van der Waals surface area contributed by atoms with Gasteiger partial charge in [0.05, 0.1) is 31.5 Å². The predicted octanol–water partition coefficient (Wildman–Crippen LogP) is -3.59. The van der Waals surface area contributed by atoms with Crippen molar-refractivity contribution in [3.05, 3.63) is 65.7 Å². The number of primary amides is 2. The van der Waals surface area contributed by atoms with Crippen LogP contribution < -0.4 is 59.3 Å². The van der Waals surface area contributed by atoms with Crippen LogP contribution in [0.1, 0.15) is 76.3 Å². The number of carboxylic acid groups (broad SMARTS) is 1. The van der Waals surface area contributed by atoms with Gasteiger partial charge in [0.2, 0.25) is 59.1 Å². The van der Waals surface area contributed by atoms with Gasteiger partial charge in [0.15, 0.2) is 0 Å². The van der Waals surface area contributed by atoms with Crippen molar-refractivity contribution in [1.82, 2.24) is 47.9 Å². The summed E-state index contributed by atoms with van der Waals surface area (Å²) < 4.78 is 0. The van der Waals surface area contributed by atoms with E-state index in [0.29, 0.717) is 42.6 Å². The second-order valence-electron chi connectivity index (χ2n) is 18.4. The molecule has 0 saturated carbocycles. The number of carbonyl (C=O) groups excluding carboxylic acids is 11. The zero-order chi connectivity index (χ0) is 57.2. The third-order valence-electron chi connectivity index (χ3n) is 12.4. The van der Waals surface area contributed by atoms with E-state index in [4.69, 9.17) is 11.5 Å². The van der Waals surface area contributed by atoms with E-state index in [1.165, 1.54) is 36.0 Å². The van der Waals surface area contributed by atoms with Crippen LogP contribution in [0.3, 0.4) is 0 Å². The first-order valence-electron chi connectivity index (χ1n) is 24.9. The molecule has 3 rings (SSSR count). The van der Waals surface area contributed by atoms with E-state index in [-0.39, 0.29) is 31.4 Å². The molecule has 1 aliphatic rings. The zero-order valence-corrected chi connectivity index (χ0v) is 43.9. The number of amides is 10. The van der Waals surface area contributed by atoms with E-state index < -0.39 is 158 Å². The number of phenols is 1. The Hall–Kier alpha value is -7.65. The molecule has 0 bridgehead atoms. The molecule has 77 heavy (non-hydrogen) atoms. The highest BCUT2D eigenvalue weighted by atomic mass is 32.2. The standard InChI is InChI=1S/C50H71N11O15S/c1-4-27(2)42(50(76)55-33(16-17-39(51)65)44(70)59-37(24-41(67)68)47(73)60-38(26-63)49(75)54-30(25-62)18-20-77-3)61-48(74)35(21-28-9-6-5-7-10-28)57-46(72)36(23-40(52)66)58-45(71)34(22-29-12-14-31(64)15-13-29)56-43(69)32-11-8-19-53-32/h5-7,9-10,12-15,25,27,30,32-38,42,53,63-64H,4,8,11,16-24,26H2,1-3H3,(H2,51,65)(H2,52,66)(H,54,75)(H,55,76)(H,56,69)(H,57,72)(H,58,71)(H,59,70)(H,60,73)(H,61,74)(H,67,68)/t27-,30-,32-,33-,34-,35-,36-,37-,38-,42-/m0/s1. The molecule has 2 aromatic rings. The number of carboxylic acids is 1. The molecule has 10 atom stereocenters. The van der Waals surface area contributed by atoms with Crippen LogP contribution in [0.5, 0.6) is 5.75 Å². The van der Waals surface area contributed by atoms with Crippen LogP contribution in [-0.4, -0.2) is 166 Å². The summed E-state index contributed by atoms with van der Waals surface area (Å²) in [5.41, 5.74) is 12.0. The summed E-state index contributed by atoms with van der Waals surface area (Å²) >= 11 is 1.39. The molecule has 16 N–H and O–H groups in total. The Kier molecular flexibility index (Phi) is 27.0. The highest BCUT2D eigenvalue weighted by Crippen LogP contribution is 2.15. The molecule has 26 nitrogen and oxygen atoms in total. The Labute approximate surface area is 448 Å². The average molecular weight is 1100 g/mol. The van der Waals surface area contributed by atoms with Crippen molar-refractivity contribution in [2.45, 2.75) is 132 Å². The van der Waals surface area contributed by atoms with Gasteiger partial charge in [-0.2, -0.15) is 11.8 Å². The molecule has 0 radical (unpaired) electrons. The van der Waals surface area contributed by atoms with Gasteiger partial charge < -0.3 is 79.4 Å². The van der Waals surface area contributed by atoms with E-state index in [0.717, 1.165) is 0 Å². The normalized spacial score (nSPS) is 16.4. The van der Waals surface area contributed by atoms with Crippen molar-refractivity contribution >= 4 is 83.1 Å². The smallest absolute Gasteiger partial charge is 0.305 e. The first-order valence-corrected chi connectivity index (χ1v) is 26.3. The molecule has 1 saturated heterocycles. The lowest BCUT2D eigenvalue weighted by molar-refractivity contribution is -0.141. The van der Waals surface area contributed by atoms with Gasteiger partial charge in [-0.1, -0.05) is 62.7 Å². The number of nitrogens with two attached hydrogens (primary N) is 2. The summed E-state index contributed by atoms with van der Waals surface area (Å²) in [6.45, 7) is 2.82. The third kappa shape index (κ3) is 22.2. The molecule has 1 aliphatic heterocycles. The topological polar surface area (TPSA) is 426 Å². The molecule has 1 fully saturated rings. The number of aliphatic hydroxyl groups is 1. The summed E-state index contributed by atoms with van der Waals surface area (Å²) in [5.74, 6) is -11.7. The van der Waals surface area contributed by atoms with Crippen molar-refractivity contribution in [2.75, 3.05) is 25.2 Å². The number of nitrogens with one attached hydrogen (secondary N) is 9. The lowest BCUT2D eigenvalue weighted by Crippen LogP contribution is -2.62. The van der Waals surface area contributed by atoms with Crippen molar-refractivity contribution < 1.29 is 72.9 Å². The van der Waals surface area contributed by atoms with Crippen molar-refractivity contribution in [3.63, 3.8) is 0 Å². The number of hydrogen-bond acceptors (Lipinski definition) is 16. The molecule has 0 aromatic heterocycles. The number of rotatable bonds is 34. The zero-order valence-electron chi connectivity index (χ0n) is 43.0. The van der Waals surface area contributed by atoms with E-state index >= 15 is 0 Å².